The van der Waals surface area contributed by atoms with Gasteiger partial charge in [-0.1, -0.05) is 41.7 Å². The van der Waals surface area contributed by atoms with E-state index >= 15 is 0 Å². The second kappa shape index (κ2) is 6.19. The third-order valence-electron chi connectivity index (χ3n) is 3.00. The fourth-order valence-corrected chi connectivity index (χ4v) is 2.58. The average Bonchev–Trinajstić information content (AvgIpc) is 2.85. The Bertz CT molecular complexity index is 576. The Morgan fingerprint density at radius 1 is 1.11 bits per heavy atom. The molecule has 2 rings (SSSR count). The maximum atomic E-state index is 6.17. The van der Waals surface area contributed by atoms with Gasteiger partial charge in [-0.3, -0.25) is 0 Å². The number of hydrogen-bond donors (Lipinski definition) is 1. The first-order valence-corrected chi connectivity index (χ1v) is 7.12. The molecule has 5 heteroatoms. The van der Waals surface area contributed by atoms with Crippen molar-refractivity contribution >= 4 is 34.8 Å². The lowest BCUT2D eigenvalue weighted by atomic mass is 10.1. The van der Waals surface area contributed by atoms with E-state index in [2.05, 4.69) is 12.2 Å². The predicted molar refractivity (Wildman–Crippen MR) is 81.3 cm³/mol. The van der Waals surface area contributed by atoms with Crippen molar-refractivity contribution in [1.29, 1.82) is 0 Å². The Labute approximate surface area is 127 Å². The van der Waals surface area contributed by atoms with Gasteiger partial charge in [0.05, 0.1) is 21.1 Å². The Balaban J connectivity index is 2.40. The van der Waals surface area contributed by atoms with E-state index in [9.17, 15) is 0 Å². The molecule has 2 aromatic rings. The van der Waals surface area contributed by atoms with Crippen LogP contribution in [0.25, 0.3) is 11.3 Å². The van der Waals surface area contributed by atoms with Crippen LogP contribution in [-0.2, 0) is 0 Å². The molecule has 0 saturated carbocycles. The standard InChI is InChI=1S/C14H14Cl3NO/c1-3-12(18-2)14-5-4-13(19-14)8-6-10(16)11(17)7-9(8)15/h4-7,12,18H,3H2,1-2H3. The number of hydrogen-bond acceptors (Lipinski definition) is 2. The van der Waals surface area contributed by atoms with E-state index < -0.39 is 0 Å². The highest BCUT2D eigenvalue weighted by molar-refractivity contribution is 6.44. The second-order valence-corrected chi connectivity index (χ2v) is 5.42. The lowest BCUT2D eigenvalue weighted by Crippen LogP contribution is -2.14. The predicted octanol–water partition coefficient (Wildman–Crippen LogP) is 5.58. The van der Waals surface area contributed by atoms with Gasteiger partial charge in [0.1, 0.15) is 11.5 Å². The van der Waals surface area contributed by atoms with Gasteiger partial charge in [-0.2, -0.15) is 0 Å². The summed E-state index contributed by atoms with van der Waals surface area (Å²) in [6, 6.07) is 7.36. The van der Waals surface area contributed by atoms with Gasteiger partial charge in [0, 0.05) is 5.56 Å². The largest absolute Gasteiger partial charge is 0.459 e. The van der Waals surface area contributed by atoms with E-state index in [4.69, 9.17) is 39.2 Å². The molecule has 0 spiro atoms. The molecule has 1 unspecified atom stereocenters. The first kappa shape index (κ1) is 14.7. The summed E-state index contributed by atoms with van der Waals surface area (Å²) in [6.07, 6.45) is 0.943. The van der Waals surface area contributed by atoms with Gasteiger partial charge < -0.3 is 9.73 Å². The van der Waals surface area contributed by atoms with Crippen molar-refractivity contribution in [2.75, 3.05) is 7.05 Å². The zero-order valence-corrected chi connectivity index (χ0v) is 12.9. The van der Waals surface area contributed by atoms with Crippen LogP contribution in [-0.4, -0.2) is 7.05 Å². The van der Waals surface area contributed by atoms with Crippen molar-refractivity contribution in [3.05, 3.63) is 45.1 Å². The number of rotatable bonds is 4. The Kier molecular flexibility index (Phi) is 4.80. The molecule has 19 heavy (non-hydrogen) atoms. The van der Waals surface area contributed by atoms with Gasteiger partial charge >= 0.3 is 0 Å². The molecule has 1 atom stereocenters. The Morgan fingerprint density at radius 2 is 1.79 bits per heavy atom. The van der Waals surface area contributed by atoms with Crippen LogP contribution in [0.5, 0.6) is 0 Å². The van der Waals surface area contributed by atoms with Gasteiger partial charge in [-0.05, 0) is 37.7 Å². The molecular formula is C14H14Cl3NO. The highest BCUT2D eigenvalue weighted by atomic mass is 35.5. The molecule has 1 aromatic carbocycles. The van der Waals surface area contributed by atoms with Gasteiger partial charge in [-0.15, -0.1) is 0 Å². The monoisotopic (exact) mass is 317 g/mol. The number of furan rings is 1. The molecule has 0 saturated heterocycles. The van der Waals surface area contributed by atoms with Crippen LogP contribution in [0.3, 0.4) is 0 Å². The molecule has 0 fully saturated rings. The normalized spacial score (nSPS) is 12.7. The van der Waals surface area contributed by atoms with Crippen LogP contribution >= 0.6 is 34.8 Å². The van der Waals surface area contributed by atoms with Crippen LogP contribution < -0.4 is 5.32 Å². The lowest BCUT2D eigenvalue weighted by molar-refractivity contribution is 0.431. The molecule has 1 aromatic heterocycles. The first-order valence-electron chi connectivity index (χ1n) is 5.98. The summed E-state index contributed by atoms with van der Waals surface area (Å²) >= 11 is 18.1. The van der Waals surface area contributed by atoms with Gasteiger partial charge in [0.2, 0.25) is 0 Å². The fraction of sp³-hybridized carbons (Fsp3) is 0.286. The quantitative estimate of drug-likeness (QED) is 0.745. The van der Waals surface area contributed by atoms with Gasteiger partial charge in [-0.25, -0.2) is 0 Å². The molecule has 0 amide bonds. The Hall–Kier alpha value is -0.670. The minimum Gasteiger partial charge on any atom is -0.459 e. The molecule has 1 N–H and O–H groups in total. The highest BCUT2D eigenvalue weighted by Crippen LogP contribution is 2.36. The maximum absolute atomic E-state index is 6.17. The minimum absolute atomic E-state index is 0.190. The Morgan fingerprint density at radius 3 is 2.42 bits per heavy atom. The summed E-state index contributed by atoms with van der Waals surface area (Å²) in [4.78, 5) is 0. The van der Waals surface area contributed by atoms with Crippen molar-refractivity contribution in [1.82, 2.24) is 5.32 Å². The molecule has 0 aliphatic carbocycles. The molecule has 102 valence electrons. The molecule has 2 nitrogen and oxygen atoms in total. The minimum atomic E-state index is 0.190. The summed E-state index contributed by atoms with van der Waals surface area (Å²) in [5.74, 6) is 1.56. The fourth-order valence-electron chi connectivity index (χ4n) is 1.94. The topological polar surface area (TPSA) is 25.2 Å². The van der Waals surface area contributed by atoms with Crippen molar-refractivity contribution < 1.29 is 4.42 Å². The van der Waals surface area contributed by atoms with Crippen LogP contribution in [0.15, 0.2) is 28.7 Å². The molecule has 0 aliphatic rings. The van der Waals surface area contributed by atoms with E-state index in [-0.39, 0.29) is 6.04 Å². The van der Waals surface area contributed by atoms with Gasteiger partial charge in [0.25, 0.3) is 0 Å². The second-order valence-electron chi connectivity index (χ2n) is 4.20. The zero-order chi connectivity index (χ0) is 14.0. The molecule has 0 bridgehead atoms. The van der Waals surface area contributed by atoms with Crippen LogP contribution in [0.2, 0.25) is 15.1 Å². The van der Waals surface area contributed by atoms with Crippen molar-refractivity contribution in [3.8, 4) is 11.3 Å². The maximum Gasteiger partial charge on any atom is 0.135 e. The summed E-state index contributed by atoms with van der Waals surface area (Å²) in [6.45, 7) is 2.09. The van der Waals surface area contributed by atoms with Crippen molar-refractivity contribution in [2.45, 2.75) is 19.4 Å². The van der Waals surface area contributed by atoms with Crippen LogP contribution in [0.4, 0.5) is 0 Å². The summed E-state index contributed by atoms with van der Waals surface area (Å²) in [5.41, 5.74) is 0.744. The molecule has 0 aliphatic heterocycles. The van der Waals surface area contributed by atoms with Crippen molar-refractivity contribution in [2.24, 2.45) is 0 Å². The van der Waals surface area contributed by atoms with Crippen molar-refractivity contribution in [3.63, 3.8) is 0 Å². The van der Waals surface area contributed by atoms with E-state index in [1.165, 1.54) is 0 Å². The lowest BCUT2D eigenvalue weighted by Gasteiger charge is -2.10. The highest BCUT2D eigenvalue weighted by Gasteiger charge is 2.15. The summed E-state index contributed by atoms with van der Waals surface area (Å²) < 4.78 is 5.84. The van der Waals surface area contributed by atoms with E-state index in [0.29, 0.717) is 20.8 Å². The third kappa shape index (κ3) is 3.09. The number of nitrogens with one attached hydrogen (secondary N) is 1. The van der Waals surface area contributed by atoms with E-state index in [1.54, 1.807) is 12.1 Å². The SMILES string of the molecule is CCC(NC)c1ccc(-c2cc(Cl)c(Cl)cc2Cl)o1. The average molecular weight is 319 g/mol. The molecule has 1 heterocycles. The molecule has 0 radical (unpaired) electrons. The molecular weight excluding hydrogens is 305 g/mol. The summed E-state index contributed by atoms with van der Waals surface area (Å²) in [5, 5.41) is 4.61. The van der Waals surface area contributed by atoms with Crippen LogP contribution in [0, 0.1) is 0 Å². The number of halogens is 3. The third-order valence-corrected chi connectivity index (χ3v) is 4.04. The first-order chi connectivity index (χ1) is 9.06. The number of benzene rings is 1. The zero-order valence-electron chi connectivity index (χ0n) is 10.6. The van der Waals surface area contributed by atoms with Gasteiger partial charge in [0.15, 0.2) is 0 Å². The summed E-state index contributed by atoms with van der Waals surface area (Å²) in [7, 11) is 1.91. The van der Waals surface area contributed by atoms with Crippen LogP contribution in [0.1, 0.15) is 25.1 Å². The van der Waals surface area contributed by atoms with E-state index in [0.717, 1.165) is 17.7 Å². The van der Waals surface area contributed by atoms with E-state index in [1.807, 2.05) is 19.2 Å². The smallest absolute Gasteiger partial charge is 0.135 e.